The summed E-state index contributed by atoms with van der Waals surface area (Å²) in [5.74, 6) is 0. The van der Waals surface area contributed by atoms with E-state index in [-0.39, 0.29) is 0 Å². The second-order valence-electron chi connectivity index (χ2n) is 4.90. The Bertz CT molecular complexity index is 730. The molecule has 0 amide bonds. The van der Waals surface area contributed by atoms with Crippen molar-refractivity contribution in [3.8, 4) is 11.3 Å². The van der Waals surface area contributed by atoms with Crippen molar-refractivity contribution >= 4 is 17.0 Å². The summed E-state index contributed by atoms with van der Waals surface area (Å²) in [5.41, 5.74) is 7.97. The number of thiazole rings is 1. The number of para-hydroxylation sites is 1. The van der Waals surface area contributed by atoms with Crippen LogP contribution in [0, 0.1) is 0 Å². The standard InChI is InChI=1S/C15H14N4S/c1-2-11-4-5-17-15(11)13(3-1)14-6-16-9-19(14)7-12-8-20-10-18-12/h1-3,6,8-10,17H,4-5,7H2. The second kappa shape index (κ2) is 4.76. The Hall–Kier alpha value is -2.14. The van der Waals surface area contributed by atoms with Crippen LogP contribution >= 0.6 is 11.3 Å². The van der Waals surface area contributed by atoms with Crippen molar-refractivity contribution in [3.05, 3.63) is 52.9 Å². The SMILES string of the molecule is c1cc2c(c(-c3cncn3Cc3cscn3)c1)NCC2. The Morgan fingerprint density at radius 3 is 3.25 bits per heavy atom. The number of fused-ring (bicyclic) bond motifs is 1. The van der Waals surface area contributed by atoms with Crippen LogP contribution < -0.4 is 5.32 Å². The van der Waals surface area contributed by atoms with Gasteiger partial charge in [-0.3, -0.25) is 0 Å². The van der Waals surface area contributed by atoms with Gasteiger partial charge in [-0.25, -0.2) is 9.97 Å². The zero-order valence-corrected chi connectivity index (χ0v) is 11.7. The van der Waals surface area contributed by atoms with E-state index < -0.39 is 0 Å². The lowest BCUT2D eigenvalue weighted by Gasteiger charge is -2.11. The molecule has 0 atom stereocenters. The monoisotopic (exact) mass is 282 g/mol. The van der Waals surface area contributed by atoms with Gasteiger partial charge in [0.25, 0.3) is 0 Å². The molecule has 3 aromatic rings. The molecule has 1 aromatic carbocycles. The molecule has 20 heavy (non-hydrogen) atoms. The zero-order valence-electron chi connectivity index (χ0n) is 10.9. The van der Waals surface area contributed by atoms with Gasteiger partial charge in [-0.2, -0.15) is 0 Å². The zero-order chi connectivity index (χ0) is 13.4. The normalized spacial score (nSPS) is 13.2. The van der Waals surface area contributed by atoms with E-state index in [0.717, 1.165) is 30.9 Å². The average molecular weight is 282 g/mol. The molecule has 0 saturated carbocycles. The van der Waals surface area contributed by atoms with Crippen LogP contribution in [0.2, 0.25) is 0 Å². The molecule has 0 saturated heterocycles. The van der Waals surface area contributed by atoms with Gasteiger partial charge in [-0.15, -0.1) is 11.3 Å². The molecule has 1 N–H and O–H groups in total. The van der Waals surface area contributed by atoms with Crippen molar-refractivity contribution in [1.82, 2.24) is 14.5 Å². The number of imidazole rings is 1. The molecule has 3 heterocycles. The van der Waals surface area contributed by atoms with E-state index in [2.05, 4.69) is 43.4 Å². The van der Waals surface area contributed by atoms with Crippen LogP contribution in [0.4, 0.5) is 5.69 Å². The maximum atomic E-state index is 4.35. The molecule has 0 radical (unpaired) electrons. The van der Waals surface area contributed by atoms with Crippen molar-refractivity contribution < 1.29 is 0 Å². The summed E-state index contributed by atoms with van der Waals surface area (Å²) in [6.45, 7) is 1.79. The van der Waals surface area contributed by atoms with Crippen LogP contribution in [0.3, 0.4) is 0 Å². The van der Waals surface area contributed by atoms with E-state index in [9.17, 15) is 0 Å². The van der Waals surface area contributed by atoms with Gasteiger partial charge < -0.3 is 9.88 Å². The first-order valence-electron chi connectivity index (χ1n) is 6.65. The topological polar surface area (TPSA) is 42.7 Å². The Morgan fingerprint density at radius 2 is 2.35 bits per heavy atom. The first-order valence-corrected chi connectivity index (χ1v) is 7.59. The third-order valence-electron chi connectivity index (χ3n) is 3.65. The van der Waals surface area contributed by atoms with E-state index in [1.165, 1.54) is 16.8 Å². The minimum atomic E-state index is 0.766. The van der Waals surface area contributed by atoms with Gasteiger partial charge in [0.15, 0.2) is 0 Å². The van der Waals surface area contributed by atoms with Crippen molar-refractivity contribution in [2.75, 3.05) is 11.9 Å². The summed E-state index contributed by atoms with van der Waals surface area (Å²) >= 11 is 1.63. The summed E-state index contributed by atoms with van der Waals surface area (Å²) in [4.78, 5) is 8.67. The van der Waals surface area contributed by atoms with Crippen LogP contribution in [0.5, 0.6) is 0 Å². The third-order valence-corrected chi connectivity index (χ3v) is 4.29. The highest BCUT2D eigenvalue weighted by Gasteiger charge is 2.17. The fraction of sp³-hybridized carbons (Fsp3) is 0.200. The molecule has 4 rings (SSSR count). The lowest BCUT2D eigenvalue weighted by Crippen LogP contribution is -2.02. The van der Waals surface area contributed by atoms with E-state index in [1.54, 1.807) is 11.3 Å². The quantitative estimate of drug-likeness (QED) is 0.803. The molecule has 4 nitrogen and oxygen atoms in total. The van der Waals surface area contributed by atoms with E-state index in [1.807, 2.05) is 18.0 Å². The molecule has 0 spiro atoms. The summed E-state index contributed by atoms with van der Waals surface area (Å²) in [5, 5.41) is 5.57. The highest BCUT2D eigenvalue weighted by Crippen LogP contribution is 2.34. The van der Waals surface area contributed by atoms with E-state index in [0.29, 0.717) is 0 Å². The van der Waals surface area contributed by atoms with Gasteiger partial charge in [0, 0.05) is 23.2 Å². The molecule has 0 bridgehead atoms. The van der Waals surface area contributed by atoms with Crippen molar-refractivity contribution in [3.63, 3.8) is 0 Å². The van der Waals surface area contributed by atoms with E-state index >= 15 is 0 Å². The maximum absolute atomic E-state index is 4.35. The highest BCUT2D eigenvalue weighted by atomic mass is 32.1. The molecule has 1 aliphatic rings. The molecular formula is C15H14N4S. The molecule has 5 heteroatoms. The number of hydrogen-bond acceptors (Lipinski definition) is 4. The molecule has 0 fully saturated rings. The number of hydrogen-bond donors (Lipinski definition) is 1. The minimum absolute atomic E-state index is 0.766. The van der Waals surface area contributed by atoms with Gasteiger partial charge in [-0.1, -0.05) is 18.2 Å². The predicted octanol–water partition coefficient (Wildman–Crippen LogP) is 3.02. The van der Waals surface area contributed by atoms with E-state index in [4.69, 9.17) is 0 Å². The first kappa shape index (κ1) is 11.7. The Kier molecular flexibility index (Phi) is 2.77. The van der Waals surface area contributed by atoms with Crippen molar-refractivity contribution in [2.24, 2.45) is 0 Å². The summed E-state index contributed by atoms with van der Waals surface area (Å²) in [6.07, 6.45) is 4.91. The molecule has 100 valence electrons. The summed E-state index contributed by atoms with van der Waals surface area (Å²) in [7, 11) is 0. The number of nitrogens with one attached hydrogen (secondary N) is 1. The lowest BCUT2D eigenvalue weighted by atomic mass is 10.1. The fourth-order valence-corrected chi connectivity index (χ4v) is 3.26. The van der Waals surface area contributed by atoms with Gasteiger partial charge in [0.05, 0.1) is 36.0 Å². The first-order chi connectivity index (χ1) is 9.92. The largest absolute Gasteiger partial charge is 0.384 e. The van der Waals surface area contributed by atoms with Gasteiger partial charge in [0.1, 0.15) is 0 Å². The molecule has 0 unspecified atom stereocenters. The van der Waals surface area contributed by atoms with Crippen LogP contribution in [-0.2, 0) is 13.0 Å². The molecular weight excluding hydrogens is 268 g/mol. The second-order valence-corrected chi connectivity index (χ2v) is 5.62. The number of benzene rings is 1. The summed E-state index contributed by atoms with van der Waals surface area (Å²) < 4.78 is 2.16. The van der Waals surface area contributed by atoms with Crippen molar-refractivity contribution in [1.29, 1.82) is 0 Å². The Morgan fingerprint density at radius 1 is 1.35 bits per heavy atom. The maximum Gasteiger partial charge on any atom is 0.0954 e. The Balaban J connectivity index is 1.77. The van der Waals surface area contributed by atoms with Crippen LogP contribution in [0.1, 0.15) is 11.3 Å². The lowest BCUT2D eigenvalue weighted by molar-refractivity contribution is 0.786. The van der Waals surface area contributed by atoms with Crippen LogP contribution in [-0.4, -0.2) is 21.1 Å². The van der Waals surface area contributed by atoms with Crippen LogP contribution in [0.25, 0.3) is 11.3 Å². The molecule has 1 aliphatic heterocycles. The number of aromatic nitrogens is 3. The minimum Gasteiger partial charge on any atom is -0.384 e. The summed E-state index contributed by atoms with van der Waals surface area (Å²) in [6, 6.07) is 6.48. The van der Waals surface area contributed by atoms with Gasteiger partial charge in [-0.05, 0) is 12.0 Å². The predicted molar refractivity (Wildman–Crippen MR) is 81.1 cm³/mol. The Labute approximate surface area is 121 Å². The third kappa shape index (κ3) is 1.91. The van der Waals surface area contributed by atoms with Crippen LogP contribution in [0.15, 0.2) is 41.6 Å². The fourth-order valence-electron chi connectivity index (χ4n) is 2.71. The van der Waals surface area contributed by atoms with Gasteiger partial charge >= 0.3 is 0 Å². The number of rotatable bonds is 3. The number of nitrogens with zero attached hydrogens (tertiary/aromatic N) is 3. The molecule has 0 aliphatic carbocycles. The molecule has 2 aromatic heterocycles. The number of anilines is 1. The van der Waals surface area contributed by atoms with Gasteiger partial charge in [0.2, 0.25) is 0 Å². The highest BCUT2D eigenvalue weighted by molar-refractivity contribution is 7.07. The smallest absolute Gasteiger partial charge is 0.0954 e. The average Bonchev–Trinajstić information content (AvgIpc) is 3.19. The van der Waals surface area contributed by atoms with Crippen molar-refractivity contribution in [2.45, 2.75) is 13.0 Å².